The van der Waals surface area contributed by atoms with E-state index in [1.165, 1.54) is 11.1 Å². The molecule has 0 radical (unpaired) electrons. The predicted octanol–water partition coefficient (Wildman–Crippen LogP) is 3.13. The summed E-state index contributed by atoms with van der Waals surface area (Å²) in [6.45, 7) is 6.83. The number of thioether (sulfide) groups is 1. The zero-order valence-electron chi connectivity index (χ0n) is 23.4. The summed E-state index contributed by atoms with van der Waals surface area (Å²) in [4.78, 5) is 31.3. The molecular formula is C28H40N4O5S. The van der Waals surface area contributed by atoms with Gasteiger partial charge in [-0.2, -0.15) is 0 Å². The Morgan fingerprint density at radius 2 is 2.00 bits per heavy atom. The normalized spacial score (nSPS) is 19.8. The van der Waals surface area contributed by atoms with E-state index in [-0.39, 0.29) is 21.7 Å². The van der Waals surface area contributed by atoms with Crippen molar-refractivity contribution >= 4 is 29.4 Å². The van der Waals surface area contributed by atoms with Gasteiger partial charge in [-0.1, -0.05) is 22.9 Å². The van der Waals surface area contributed by atoms with Crippen LogP contribution < -0.4 is 10.4 Å². The van der Waals surface area contributed by atoms with Gasteiger partial charge < -0.3 is 34.5 Å². The number of anilines is 1. The number of allylic oxidation sites excluding steroid dienone is 2. The van der Waals surface area contributed by atoms with E-state index in [1.807, 2.05) is 27.2 Å². The second-order valence-corrected chi connectivity index (χ2v) is 12.5. The molecule has 0 aliphatic carbocycles. The Kier molecular flexibility index (Phi) is 9.33. The minimum absolute atomic E-state index is 0.0294. The van der Waals surface area contributed by atoms with Crippen molar-refractivity contribution in [2.75, 3.05) is 40.2 Å². The van der Waals surface area contributed by atoms with E-state index in [2.05, 4.69) is 36.1 Å². The largest absolute Gasteiger partial charge is 0.544 e. The highest BCUT2D eigenvalue weighted by atomic mass is 32.2. The zero-order chi connectivity index (χ0) is 28.3. The van der Waals surface area contributed by atoms with Gasteiger partial charge in [0.2, 0.25) is 0 Å². The molecule has 0 spiro atoms. The number of benzene rings is 1. The highest BCUT2D eigenvalue weighted by Crippen LogP contribution is 2.43. The fourth-order valence-electron chi connectivity index (χ4n) is 4.78. The number of rotatable bonds is 12. The van der Waals surface area contributed by atoms with Crippen LogP contribution in [0, 0.1) is 0 Å². The van der Waals surface area contributed by atoms with Crippen LogP contribution in [0.2, 0.25) is 0 Å². The fraction of sp³-hybridized carbons (Fsp3) is 0.536. The van der Waals surface area contributed by atoms with Gasteiger partial charge in [-0.3, -0.25) is 0 Å². The number of quaternary nitrogens is 1. The van der Waals surface area contributed by atoms with Crippen molar-refractivity contribution in [1.82, 2.24) is 9.97 Å². The quantitative estimate of drug-likeness (QED) is 0.275. The number of likely N-dealkylation sites (N-methyl/N-ethyl adjacent to an activating group) is 1. The van der Waals surface area contributed by atoms with Gasteiger partial charge in [-0.25, -0.2) is 9.78 Å². The maximum atomic E-state index is 11.8. The molecule has 3 atom stereocenters. The molecule has 38 heavy (non-hydrogen) atoms. The Balaban J connectivity index is 1.95. The number of carboxylic acid groups (broad SMARTS) is 2. The summed E-state index contributed by atoms with van der Waals surface area (Å²) in [6, 6.07) is 4.48. The standard InChI is InChI=1S/C28H40N4O5S/c1-17(2)18(3)10-11-28(16-37-7)24(13-20-12-19(25(33)34)8-9-22(20)31-28)38-27-29-15-21(30-27)14-23(26(35)36)32(4,5)6/h8-9,12,15,23-24,31H,10-11,13-14,16H2,1-7H3,(H2-,29,30,33,34,35,36)/t23?,24-,28-/m1/s1. The lowest BCUT2D eigenvalue weighted by molar-refractivity contribution is -0.889. The average molecular weight is 545 g/mol. The Morgan fingerprint density at radius 3 is 2.58 bits per heavy atom. The molecule has 9 nitrogen and oxygen atoms in total. The molecule has 3 rings (SSSR count). The monoisotopic (exact) mass is 544 g/mol. The van der Waals surface area contributed by atoms with E-state index in [4.69, 9.17) is 4.74 Å². The van der Waals surface area contributed by atoms with Gasteiger partial charge in [0.15, 0.2) is 5.16 Å². The van der Waals surface area contributed by atoms with E-state index in [1.54, 1.807) is 37.2 Å². The molecule has 1 aromatic carbocycles. The summed E-state index contributed by atoms with van der Waals surface area (Å²) in [6.07, 6.45) is 4.29. The number of aromatic amines is 1. The Labute approximate surface area is 229 Å². The first-order chi connectivity index (χ1) is 17.8. The number of nitrogens with one attached hydrogen (secondary N) is 2. The smallest absolute Gasteiger partial charge is 0.335 e. The highest BCUT2D eigenvalue weighted by Gasteiger charge is 2.43. The minimum atomic E-state index is -1.10. The number of imidazole rings is 1. The summed E-state index contributed by atoms with van der Waals surface area (Å²) < 4.78 is 5.99. The molecule has 208 valence electrons. The van der Waals surface area contributed by atoms with E-state index >= 15 is 0 Å². The van der Waals surface area contributed by atoms with Crippen LogP contribution in [0.25, 0.3) is 0 Å². The molecule has 10 heteroatoms. The minimum Gasteiger partial charge on any atom is -0.544 e. The molecule has 2 heterocycles. The number of aromatic nitrogens is 2. The number of fused-ring (bicyclic) bond motifs is 1. The summed E-state index contributed by atoms with van der Waals surface area (Å²) in [5.41, 5.74) is 5.01. The summed E-state index contributed by atoms with van der Waals surface area (Å²) >= 11 is 1.57. The molecule has 0 saturated carbocycles. The number of carbonyl (C=O) groups excluding carboxylic acids is 1. The van der Waals surface area contributed by atoms with Crippen molar-refractivity contribution in [3.63, 3.8) is 0 Å². The number of ether oxygens (including phenoxy) is 1. The maximum absolute atomic E-state index is 11.8. The van der Waals surface area contributed by atoms with Gasteiger partial charge in [0.05, 0.1) is 44.8 Å². The maximum Gasteiger partial charge on any atom is 0.335 e. The topological polar surface area (TPSA) is 127 Å². The summed E-state index contributed by atoms with van der Waals surface area (Å²) in [5, 5.41) is 25.7. The van der Waals surface area contributed by atoms with E-state index in [0.29, 0.717) is 18.2 Å². The van der Waals surface area contributed by atoms with Crippen molar-refractivity contribution < 1.29 is 29.0 Å². The Bertz CT molecular complexity index is 1200. The van der Waals surface area contributed by atoms with Crippen LogP contribution in [-0.4, -0.2) is 83.2 Å². The van der Waals surface area contributed by atoms with Crippen molar-refractivity contribution in [1.29, 1.82) is 0 Å². The first-order valence-electron chi connectivity index (χ1n) is 12.7. The second-order valence-electron chi connectivity index (χ2n) is 11.4. The van der Waals surface area contributed by atoms with Gasteiger partial charge >= 0.3 is 5.97 Å². The molecule has 1 aliphatic rings. The summed E-state index contributed by atoms with van der Waals surface area (Å²) in [7, 11) is 7.18. The highest BCUT2D eigenvalue weighted by molar-refractivity contribution is 7.99. The van der Waals surface area contributed by atoms with Crippen molar-refractivity contribution in [2.24, 2.45) is 0 Å². The predicted molar refractivity (Wildman–Crippen MR) is 147 cm³/mol. The first-order valence-corrected chi connectivity index (χ1v) is 13.6. The van der Waals surface area contributed by atoms with E-state index in [9.17, 15) is 19.8 Å². The second kappa shape index (κ2) is 11.9. The van der Waals surface area contributed by atoms with Crippen LogP contribution in [0.4, 0.5) is 5.69 Å². The third kappa shape index (κ3) is 6.98. The van der Waals surface area contributed by atoms with Crippen molar-refractivity contribution in [3.8, 4) is 0 Å². The SMILES string of the molecule is COC[C@@]1(CCC(C)=C(C)C)Nc2ccc(C(=O)O)cc2C[C@H]1Sc1ncc(CC(C(=O)[O-])[N+](C)(C)C)[nH]1. The number of carbonyl (C=O) groups is 2. The number of aromatic carboxylic acids is 1. The number of H-pyrrole nitrogens is 1. The fourth-order valence-corrected chi connectivity index (χ4v) is 6.08. The van der Waals surface area contributed by atoms with Crippen molar-refractivity contribution in [3.05, 3.63) is 52.4 Å². The van der Waals surface area contributed by atoms with Gasteiger partial charge in [0.1, 0.15) is 6.04 Å². The number of nitrogens with zero attached hydrogens (tertiary/aromatic N) is 2. The van der Waals surface area contributed by atoms with Gasteiger partial charge in [0.25, 0.3) is 0 Å². The number of hydrogen-bond donors (Lipinski definition) is 3. The number of carboxylic acids is 2. The molecule has 1 aliphatic heterocycles. The van der Waals surface area contributed by atoms with Gasteiger partial charge in [-0.15, -0.1) is 0 Å². The third-order valence-corrected chi connectivity index (χ3v) is 8.77. The molecule has 0 amide bonds. The molecule has 1 aromatic heterocycles. The number of hydrogen-bond acceptors (Lipinski definition) is 7. The van der Waals surface area contributed by atoms with Crippen LogP contribution in [0.5, 0.6) is 0 Å². The molecule has 1 unspecified atom stereocenters. The Morgan fingerprint density at radius 1 is 1.29 bits per heavy atom. The van der Waals surface area contributed by atoms with Crippen LogP contribution >= 0.6 is 11.8 Å². The number of methoxy groups -OCH3 is 1. The van der Waals surface area contributed by atoms with Crippen LogP contribution in [0.1, 0.15) is 55.2 Å². The first kappa shape index (κ1) is 29.7. The van der Waals surface area contributed by atoms with Crippen LogP contribution in [0.3, 0.4) is 0 Å². The molecule has 0 saturated heterocycles. The van der Waals surface area contributed by atoms with Gasteiger partial charge in [0, 0.05) is 36.4 Å². The van der Waals surface area contributed by atoms with E-state index < -0.39 is 23.5 Å². The lowest BCUT2D eigenvalue weighted by atomic mass is 9.81. The van der Waals surface area contributed by atoms with Crippen molar-refractivity contribution in [2.45, 2.75) is 68.4 Å². The molecule has 0 fully saturated rings. The lowest BCUT2D eigenvalue weighted by Crippen LogP contribution is -2.55. The molecule has 2 aromatic rings. The average Bonchev–Trinajstić information content (AvgIpc) is 3.27. The zero-order valence-corrected chi connectivity index (χ0v) is 24.2. The molecular weight excluding hydrogens is 504 g/mol. The molecule has 3 N–H and O–H groups in total. The van der Waals surface area contributed by atoms with Gasteiger partial charge in [-0.05, 0) is 63.8 Å². The van der Waals surface area contributed by atoms with E-state index in [0.717, 1.165) is 29.8 Å². The van der Waals surface area contributed by atoms with Crippen LogP contribution in [0.15, 0.2) is 40.7 Å². The lowest BCUT2D eigenvalue weighted by Gasteiger charge is -2.45. The van der Waals surface area contributed by atoms with Crippen LogP contribution in [-0.2, 0) is 22.4 Å². The molecule has 0 bridgehead atoms. The Hall–Kier alpha value is -2.82. The third-order valence-electron chi connectivity index (χ3n) is 7.44. The summed E-state index contributed by atoms with van der Waals surface area (Å²) in [5.74, 6) is -2.06. The number of aliphatic carboxylic acids is 1.